The van der Waals surface area contributed by atoms with Crippen molar-refractivity contribution >= 4 is 41.4 Å². The molecular weight excluding hydrogens is 561 g/mol. The van der Waals surface area contributed by atoms with Crippen LogP contribution in [0.4, 0.5) is 0 Å². The maximum Gasteiger partial charge on any atom is 0.268 e. The molecule has 0 saturated carbocycles. The number of halogens is 2. The van der Waals surface area contributed by atoms with Crippen LogP contribution in [0.2, 0.25) is 10.0 Å². The van der Waals surface area contributed by atoms with E-state index < -0.39 is 5.56 Å². The second-order valence-corrected chi connectivity index (χ2v) is 10.7. The number of hydrogen-bond acceptors (Lipinski definition) is 6. The van der Waals surface area contributed by atoms with Gasteiger partial charge in [-0.15, -0.1) is 0 Å². The van der Waals surface area contributed by atoms with Gasteiger partial charge in [0.05, 0.1) is 34.0 Å². The Labute approximate surface area is 245 Å². The number of carbonyl (C=O) groups excluding carboxylic acids is 2. The van der Waals surface area contributed by atoms with Crippen LogP contribution in [0.3, 0.4) is 0 Å². The molecule has 1 aliphatic rings. The normalized spacial score (nSPS) is 14.2. The zero-order valence-electron chi connectivity index (χ0n) is 21.9. The summed E-state index contributed by atoms with van der Waals surface area (Å²) in [5.74, 6) is 0.470. The van der Waals surface area contributed by atoms with Crippen molar-refractivity contribution in [1.82, 2.24) is 14.4 Å². The van der Waals surface area contributed by atoms with E-state index in [0.29, 0.717) is 45.9 Å². The molecule has 0 N–H and O–H groups in total. The number of rotatable bonds is 7. The van der Waals surface area contributed by atoms with E-state index in [1.165, 1.54) is 28.8 Å². The Morgan fingerprint density at radius 2 is 1.76 bits per heavy atom. The van der Waals surface area contributed by atoms with Crippen molar-refractivity contribution < 1.29 is 14.3 Å². The monoisotopic (exact) mass is 583 g/mol. The molecule has 9 heteroatoms. The van der Waals surface area contributed by atoms with Crippen molar-refractivity contribution in [3.05, 3.63) is 115 Å². The van der Waals surface area contributed by atoms with Crippen LogP contribution in [0, 0.1) is 0 Å². The highest BCUT2D eigenvalue weighted by molar-refractivity contribution is 6.36. The molecule has 0 spiro atoms. The number of pyridine rings is 2. The van der Waals surface area contributed by atoms with Gasteiger partial charge in [0.25, 0.3) is 5.56 Å². The fourth-order valence-electron chi connectivity index (χ4n) is 5.65. The molecule has 0 bridgehead atoms. The van der Waals surface area contributed by atoms with Crippen LogP contribution >= 0.6 is 23.2 Å². The van der Waals surface area contributed by atoms with E-state index in [-0.39, 0.29) is 17.4 Å². The predicted octanol–water partition coefficient (Wildman–Crippen LogP) is 6.64. The molecular formula is C32H23Cl2N3O4. The van der Waals surface area contributed by atoms with Gasteiger partial charge in [0, 0.05) is 23.5 Å². The number of methoxy groups -OCH3 is 1. The first kappa shape index (κ1) is 26.9. The molecule has 0 aliphatic heterocycles. The van der Waals surface area contributed by atoms with Crippen LogP contribution in [0.5, 0.6) is 5.88 Å². The summed E-state index contributed by atoms with van der Waals surface area (Å²) in [6.45, 7) is 0. The maximum absolute atomic E-state index is 12.5. The second kappa shape index (κ2) is 10.9. The fourth-order valence-corrected chi connectivity index (χ4v) is 6.23. The number of benzene rings is 2. The van der Waals surface area contributed by atoms with Crippen LogP contribution in [0.15, 0.2) is 71.8 Å². The van der Waals surface area contributed by atoms with E-state index in [4.69, 9.17) is 27.9 Å². The summed E-state index contributed by atoms with van der Waals surface area (Å²) >= 11 is 13.5. The van der Waals surface area contributed by atoms with Gasteiger partial charge in [-0.2, -0.15) is 0 Å². The Balaban J connectivity index is 1.37. The minimum Gasteiger partial charge on any atom is -0.480 e. The number of aldehydes is 2. The first-order chi connectivity index (χ1) is 19.9. The zero-order valence-corrected chi connectivity index (χ0v) is 23.4. The third-order valence-electron chi connectivity index (χ3n) is 7.66. The van der Waals surface area contributed by atoms with Crippen molar-refractivity contribution in [1.29, 1.82) is 0 Å². The average Bonchev–Trinajstić information content (AvgIpc) is 3.41. The quantitative estimate of drug-likeness (QED) is 0.199. The van der Waals surface area contributed by atoms with Gasteiger partial charge in [0.2, 0.25) is 5.88 Å². The van der Waals surface area contributed by atoms with E-state index >= 15 is 0 Å². The van der Waals surface area contributed by atoms with Crippen molar-refractivity contribution in [2.45, 2.75) is 25.2 Å². The summed E-state index contributed by atoms with van der Waals surface area (Å²) in [5, 5.41) is 1.04. The van der Waals surface area contributed by atoms with Crippen LogP contribution in [0.25, 0.3) is 27.9 Å². The number of carbonyl (C=O) groups is 2. The van der Waals surface area contributed by atoms with Crippen molar-refractivity contribution in [2.75, 3.05) is 7.11 Å². The zero-order chi connectivity index (χ0) is 28.7. The van der Waals surface area contributed by atoms with Crippen LogP contribution < -0.4 is 10.3 Å². The molecule has 1 atom stereocenters. The molecule has 5 aromatic rings. The lowest BCUT2D eigenvalue weighted by molar-refractivity contribution is 0.111. The van der Waals surface area contributed by atoms with Crippen LogP contribution in [-0.2, 0) is 12.8 Å². The third kappa shape index (κ3) is 4.71. The minimum absolute atomic E-state index is 0.00156. The van der Waals surface area contributed by atoms with Gasteiger partial charge in [-0.05, 0) is 65.6 Å². The van der Waals surface area contributed by atoms with E-state index in [0.717, 1.165) is 35.1 Å². The summed E-state index contributed by atoms with van der Waals surface area (Å²) < 4.78 is 6.64. The average molecular weight is 584 g/mol. The lowest BCUT2D eigenvalue weighted by atomic mass is 9.91. The molecule has 1 unspecified atom stereocenters. The van der Waals surface area contributed by atoms with Gasteiger partial charge in [0.15, 0.2) is 12.6 Å². The van der Waals surface area contributed by atoms with Gasteiger partial charge in [-0.25, -0.2) is 9.97 Å². The molecule has 41 heavy (non-hydrogen) atoms. The highest BCUT2D eigenvalue weighted by atomic mass is 35.5. The Morgan fingerprint density at radius 1 is 1.00 bits per heavy atom. The van der Waals surface area contributed by atoms with Gasteiger partial charge in [-0.1, -0.05) is 59.6 Å². The van der Waals surface area contributed by atoms with E-state index in [1.807, 2.05) is 24.3 Å². The SMILES string of the molecule is COc1nc(CC2CCc3c(-c4cccc(-c5ccn6c(=O)c(C=O)cnc6c5)c4Cl)cccc32)c(Cl)cc1C=O. The number of fused-ring (bicyclic) bond motifs is 2. The molecule has 2 aromatic carbocycles. The number of aromatic nitrogens is 3. The van der Waals surface area contributed by atoms with Crippen molar-refractivity contribution in [2.24, 2.45) is 0 Å². The molecule has 7 nitrogen and oxygen atoms in total. The molecule has 6 rings (SSSR count). The maximum atomic E-state index is 12.5. The standard InChI is InChI=1S/C32H23Cl2N3O4/c1-41-31-20(16-38)12-27(33)28(36-31)13-18-8-9-25-22(18)4-2-6-24(25)26-7-3-5-23(30(26)34)19-10-11-37-29(14-19)35-15-21(17-39)32(37)40/h2-7,10-12,14-18H,8-9,13H2,1H3. The van der Waals surface area contributed by atoms with Crippen LogP contribution in [0.1, 0.15) is 49.9 Å². The van der Waals surface area contributed by atoms with Crippen LogP contribution in [-0.4, -0.2) is 34.1 Å². The smallest absolute Gasteiger partial charge is 0.268 e. The Bertz CT molecular complexity index is 1920. The molecule has 1 aliphatic carbocycles. The van der Waals surface area contributed by atoms with Gasteiger partial charge < -0.3 is 4.74 Å². The Hall–Kier alpha value is -4.33. The largest absolute Gasteiger partial charge is 0.480 e. The molecule has 0 fully saturated rings. The Morgan fingerprint density at radius 3 is 2.54 bits per heavy atom. The van der Waals surface area contributed by atoms with Gasteiger partial charge >= 0.3 is 0 Å². The summed E-state index contributed by atoms with van der Waals surface area (Å²) in [5.41, 5.74) is 7.08. The number of ether oxygens (including phenoxy) is 1. The first-order valence-electron chi connectivity index (χ1n) is 13.0. The summed E-state index contributed by atoms with van der Waals surface area (Å²) in [6.07, 6.45) is 6.50. The fraction of sp³-hybridized carbons (Fsp3) is 0.156. The summed E-state index contributed by atoms with van der Waals surface area (Å²) in [7, 11) is 1.49. The molecule has 0 radical (unpaired) electrons. The van der Waals surface area contributed by atoms with E-state index in [1.54, 1.807) is 24.4 Å². The first-order valence-corrected chi connectivity index (χ1v) is 13.7. The molecule has 0 saturated heterocycles. The third-order valence-corrected chi connectivity index (χ3v) is 8.39. The molecule has 204 valence electrons. The molecule has 3 heterocycles. The number of hydrogen-bond donors (Lipinski definition) is 0. The van der Waals surface area contributed by atoms with E-state index in [2.05, 4.69) is 22.1 Å². The van der Waals surface area contributed by atoms with Crippen molar-refractivity contribution in [3.63, 3.8) is 0 Å². The molecule has 3 aromatic heterocycles. The highest BCUT2D eigenvalue weighted by Crippen LogP contribution is 2.44. The summed E-state index contributed by atoms with van der Waals surface area (Å²) in [6, 6.07) is 17.4. The lowest BCUT2D eigenvalue weighted by Crippen LogP contribution is -2.18. The Kier molecular flexibility index (Phi) is 7.15. The number of nitrogens with zero attached hydrogens (tertiary/aromatic N) is 3. The second-order valence-electron chi connectivity index (χ2n) is 9.89. The molecule has 0 amide bonds. The van der Waals surface area contributed by atoms with Gasteiger partial charge in [0.1, 0.15) is 5.65 Å². The highest BCUT2D eigenvalue weighted by Gasteiger charge is 2.27. The van der Waals surface area contributed by atoms with E-state index in [9.17, 15) is 14.4 Å². The lowest BCUT2D eigenvalue weighted by Gasteiger charge is -2.16. The van der Waals surface area contributed by atoms with Gasteiger partial charge in [-0.3, -0.25) is 18.8 Å². The minimum atomic E-state index is -0.416. The topological polar surface area (TPSA) is 90.6 Å². The van der Waals surface area contributed by atoms with Crippen molar-refractivity contribution in [3.8, 4) is 28.1 Å². The predicted molar refractivity (Wildman–Crippen MR) is 159 cm³/mol. The summed E-state index contributed by atoms with van der Waals surface area (Å²) in [4.78, 5) is 43.8.